The summed E-state index contributed by atoms with van der Waals surface area (Å²) in [7, 11) is 0. The van der Waals surface area contributed by atoms with Crippen LogP contribution in [0.15, 0.2) is 34.7 Å². The normalized spacial score (nSPS) is 20.6. The molecule has 1 aliphatic rings. The Morgan fingerprint density at radius 3 is 2.77 bits per heavy atom. The maximum atomic E-state index is 13.4. The molecule has 1 saturated heterocycles. The fraction of sp³-hybridized carbons (Fsp3) is 0.421. The number of aryl methyl sites for hydroxylation is 1. The molecule has 1 amide bonds. The van der Waals surface area contributed by atoms with Gasteiger partial charge in [0.05, 0.1) is 6.54 Å². The number of hydrogen-bond donors (Lipinski definition) is 2. The van der Waals surface area contributed by atoms with Crippen molar-refractivity contribution in [2.45, 2.75) is 38.5 Å². The van der Waals surface area contributed by atoms with Crippen molar-refractivity contribution in [2.24, 2.45) is 0 Å². The number of benzene rings is 1. The van der Waals surface area contributed by atoms with Crippen LogP contribution in [0.4, 0.5) is 8.78 Å². The number of amides is 1. The van der Waals surface area contributed by atoms with E-state index < -0.39 is 23.1 Å². The summed E-state index contributed by atoms with van der Waals surface area (Å²) in [6.07, 6.45) is 0.984. The summed E-state index contributed by atoms with van der Waals surface area (Å²) >= 11 is 0. The van der Waals surface area contributed by atoms with E-state index in [1.807, 2.05) is 19.1 Å². The van der Waals surface area contributed by atoms with Crippen molar-refractivity contribution >= 4 is 5.91 Å². The maximum Gasteiger partial charge on any atom is 0.256 e. The van der Waals surface area contributed by atoms with E-state index in [1.165, 1.54) is 11.0 Å². The Morgan fingerprint density at radius 2 is 2.08 bits per heavy atom. The Kier molecular flexibility index (Phi) is 5.38. The number of furan rings is 1. The first-order valence-corrected chi connectivity index (χ1v) is 8.59. The van der Waals surface area contributed by atoms with Gasteiger partial charge in [-0.15, -0.1) is 0 Å². The molecule has 26 heavy (non-hydrogen) atoms. The first-order valence-electron chi connectivity index (χ1n) is 8.59. The van der Waals surface area contributed by atoms with Crippen LogP contribution in [0.3, 0.4) is 0 Å². The molecule has 0 radical (unpaired) electrons. The molecule has 0 aliphatic carbocycles. The van der Waals surface area contributed by atoms with E-state index in [0.717, 1.165) is 23.7 Å². The highest BCUT2D eigenvalue weighted by Gasteiger charge is 2.41. The van der Waals surface area contributed by atoms with Gasteiger partial charge < -0.3 is 19.7 Å². The summed E-state index contributed by atoms with van der Waals surface area (Å²) in [4.78, 5) is 14.2. The molecule has 0 unspecified atom stereocenters. The molecule has 0 spiro atoms. The number of nitrogens with zero attached hydrogens (tertiary/aromatic N) is 1. The van der Waals surface area contributed by atoms with Crippen LogP contribution in [0, 0.1) is 18.6 Å². The highest BCUT2D eigenvalue weighted by molar-refractivity contribution is 5.86. The smallest absolute Gasteiger partial charge is 0.256 e. The zero-order chi connectivity index (χ0) is 18.7. The summed E-state index contributed by atoms with van der Waals surface area (Å²) in [6.45, 7) is 2.96. The second-order valence-electron chi connectivity index (χ2n) is 6.73. The van der Waals surface area contributed by atoms with Crippen LogP contribution < -0.4 is 5.32 Å². The first kappa shape index (κ1) is 18.5. The number of aliphatic hydroxyl groups is 1. The SMILES string of the molecule is Cc1ccc(CNC[C@@]2(O)CCCN(Cc3ccc(F)c(F)c3)C2=O)o1. The first-order chi connectivity index (χ1) is 12.4. The minimum atomic E-state index is -1.52. The molecule has 2 heterocycles. The summed E-state index contributed by atoms with van der Waals surface area (Å²) in [5.74, 6) is -0.748. The van der Waals surface area contributed by atoms with Crippen molar-refractivity contribution in [3.05, 3.63) is 59.1 Å². The highest BCUT2D eigenvalue weighted by Crippen LogP contribution is 2.24. The second-order valence-corrected chi connectivity index (χ2v) is 6.73. The summed E-state index contributed by atoms with van der Waals surface area (Å²) < 4.78 is 31.9. The predicted octanol–water partition coefficient (Wildman–Crippen LogP) is 2.51. The molecule has 7 heteroatoms. The Labute approximate surface area is 150 Å². The molecule has 0 saturated carbocycles. The number of rotatable bonds is 6. The quantitative estimate of drug-likeness (QED) is 0.827. The predicted molar refractivity (Wildman–Crippen MR) is 91.1 cm³/mol. The average Bonchev–Trinajstić information content (AvgIpc) is 3.01. The molecule has 1 aromatic heterocycles. The fourth-order valence-electron chi connectivity index (χ4n) is 3.21. The lowest BCUT2D eigenvalue weighted by molar-refractivity contribution is -0.157. The molecule has 5 nitrogen and oxygen atoms in total. The van der Waals surface area contributed by atoms with Crippen molar-refractivity contribution in [2.75, 3.05) is 13.1 Å². The van der Waals surface area contributed by atoms with Gasteiger partial charge in [-0.3, -0.25) is 4.79 Å². The Balaban J connectivity index is 1.61. The number of hydrogen-bond acceptors (Lipinski definition) is 4. The molecule has 1 aromatic carbocycles. The molecule has 2 aromatic rings. The zero-order valence-electron chi connectivity index (χ0n) is 14.6. The standard InChI is InChI=1S/C19H22F2N2O3/c1-13-3-5-15(26-13)10-22-12-19(25)7-2-8-23(18(19)24)11-14-4-6-16(20)17(21)9-14/h3-6,9,22,25H,2,7-8,10-12H2,1H3/t19-/m0/s1. The lowest BCUT2D eigenvalue weighted by atomic mass is 9.91. The van der Waals surface area contributed by atoms with Crippen LogP contribution in [0.25, 0.3) is 0 Å². The fourth-order valence-corrected chi connectivity index (χ4v) is 3.21. The molecular formula is C19H22F2N2O3. The van der Waals surface area contributed by atoms with Gasteiger partial charge in [-0.1, -0.05) is 6.07 Å². The van der Waals surface area contributed by atoms with Crippen molar-refractivity contribution < 1.29 is 23.1 Å². The van der Waals surface area contributed by atoms with E-state index in [1.54, 1.807) is 0 Å². The van der Waals surface area contributed by atoms with Crippen LogP contribution in [-0.4, -0.2) is 34.6 Å². The zero-order valence-corrected chi connectivity index (χ0v) is 14.6. The van der Waals surface area contributed by atoms with Gasteiger partial charge in [0.1, 0.15) is 11.5 Å². The van der Waals surface area contributed by atoms with Crippen molar-refractivity contribution in [3.8, 4) is 0 Å². The summed E-state index contributed by atoms with van der Waals surface area (Å²) in [6, 6.07) is 7.24. The van der Waals surface area contributed by atoms with Crippen LogP contribution >= 0.6 is 0 Å². The molecule has 0 bridgehead atoms. The number of nitrogens with one attached hydrogen (secondary N) is 1. The third kappa shape index (κ3) is 4.11. The van der Waals surface area contributed by atoms with E-state index in [0.29, 0.717) is 31.5 Å². The van der Waals surface area contributed by atoms with Crippen molar-refractivity contribution in [1.29, 1.82) is 0 Å². The van der Waals surface area contributed by atoms with Gasteiger partial charge in [0.2, 0.25) is 0 Å². The lowest BCUT2D eigenvalue weighted by Crippen LogP contribution is -2.57. The van der Waals surface area contributed by atoms with Gasteiger partial charge in [-0.2, -0.15) is 0 Å². The van der Waals surface area contributed by atoms with E-state index in [-0.39, 0.29) is 13.1 Å². The molecule has 3 rings (SSSR count). The second kappa shape index (κ2) is 7.55. The van der Waals surface area contributed by atoms with Gasteiger partial charge in [-0.05, 0) is 49.6 Å². The van der Waals surface area contributed by atoms with E-state index in [4.69, 9.17) is 4.42 Å². The van der Waals surface area contributed by atoms with E-state index in [2.05, 4.69) is 5.32 Å². The minimum absolute atomic E-state index is 0.0971. The van der Waals surface area contributed by atoms with Crippen LogP contribution in [-0.2, 0) is 17.9 Å². The van der Waals surface area contributed by atoms with Gasteiger partial charge in [0.15, 0.2) is 17.2 Å². The highest BCUT2D eigenvalue weighted by atomic mass is 19.2. The van der Waals surface area contributed by atoms with Gasteiger partial charge >= 0.3 is 0 Å². The van der Waals surface area contributed by atoms with Gasteiger partial charge in [-0.25, -0.2) is 8.78 Å². The average molecular weight is 364 g/mol. The molecule has 140 valence electrons. The molecule has 1 atom stereocenters. The lowest BCUT2D eigenvalue weighted by Gasteiger charge is -2.38. The Morgan fingerprint density at radius 1 is 1.27 bits per heavy atom. The van der Waals surface area contributed by atoms with Crippen LogP contribution in [0.5, 0.6) is 0 Å². The summed E-state index contributed by atoms with van der Waals surface area (Å²) in [5.41, 5.74) is -1.03. The molecule has 2 N–H and O–H groups in total. The van der Waals surface area contributed by atoms with Crippen molar-refractivity contribution in [3.63, 3.8) is 0 Å². The summed E-state index contributed by atoms with van der Waals surface area (Å²) in [5, 5.41) is 13.8. The number of piperidine rings is 1. The van der Waals surface area contributed by atoms with E-state index in [9.17, 15) is 18.7 Å². The number of carbonyl (C=O) groups excluding carboxylic acids is 1. The third-order valence-corrected chi connectivity index (χ3v) is 4.57. The van der Waals surface area contributed by atoms with Crippen LogP contribution in [0.1, 0.15) is 29.9 Å². The van der Waals surface area contributed by atoms with Crippen molar-refractivity contribution in [1.82, 2.24) is 10.2 Å². The van der Waals surface area contributed by atoms with Crippen LogP contribution in [0.2, 0.25) is 0 Å². The minimum Gasteiger partial charge on any atom is -0.465 e. The third-order valence-electron chi connectivity index (χ3n) is 4.57. The Hall–Kier alpha value is -2.25. The Bertz CT molecular complexity index is 793. The monoisotopic (exact) mass is 364 g/mol. The number of carbonyl (C=O) groups is 1. The van der Waals surface area contributed by atoms with Gasteiger partial charge in [0, 0.05) is 19.6 Å². The topological polar surface area (TPSA) is 65.7 Å². The molecule has 1 aliphatic heterocycles. The molecule has 1 fully saturated rings. The van der Waals surface area contributed by atoms with Gasteiger partial charge in [0.25, 0.3) is 5.91 Å². The molecular weight excluding hydrogens is 342 g/mol. The number of likely N-dealkylation sites (tertiary alicyclic amines) is 1. The van der Waals surface area contributed by atoms with E-state index >= 15 is 0 Å². The largest absolute Gasteiger partial charge is 0.465 e. The number of halogens is 2. The maximum absolute atomic E-state index is 13.4.